The van der Waals surface area contributed by atoms with Crippen LogP contribution in [-0.2, 0) is 20.7 Å². The van der Waals surface area contributed by atoms with Crippen LogP contribution in [0.15, 0.2) is 22.7 Å². The Kier molecular flexibility index (Phi) is 5.95. The summed E-state index contributed by atoms with van der Waals surface area (Å²) in [6.07, 6.45) is 0.0860. The van der Waals surface area contributed by atoms with Crippen LogP contribution in [0, 0.1) is 5.82 Å². The summed E-state index contributed by atoms with van der Waals surface area (Å²) in [5.41, 5.74) is 0.520. The summed E-state index contributed by atoms with van der Waals surface area (Å²) < 4.78 is 18.7. The smallest absolute Gasteiger partial charge is 0.315 e. The summed E-state index contributed by atoms with van der Waals surface area (Å²) in [6.45, 7) is 0.337. The average molecular weight is 332 g/mol. The molecule has 0 radical (unpaired) electrons. The van der Waals surface area contributed by atoms with Crippen molar-refractivity contribution >= 4 is 27.8 Å². The molecular formula is C13H15BrFNO3. The first kappa shape index (κ1) is 15.6. The molecule has 0 heterocycles. The minimum Gasteiger partial charge on any atom is -0.469 e. The molecule has 19 heavy (non-hydrogen) atoms. The van der Waals surface area contributed by atoms with Gasteiger partial charge in [0.15, 0.2) is 0 Å². The van der Waals surface area contributed by atoms with Crippen molar-refractivity contribution in [2.45, 2.75) is 12.8 Å². The third-order valence-corrected chi connectivity index (χ3v) is 3.17. The maximum absolute atomic E-state index is 13.5. The molecule has 0 atom stereocenters. The molecule has 0 aliphatic carbocycles. The quantitative estimate of drug-likeness (QED) is 0.613. The summed E-state index contributed by atoms with van der Waals surface area (Å²) in [5, 5.41) is 0. The van der Waals surface area contributed by atoms with E-state index in [1.54, 1.807) is 19.2 Å². The van der Waals surface area contributed by atoms with Crippen LogP contribution in [0.25, 0.3) is 0 Å². The first-order valence-electron chi connectivity index (χ1n) is 5.68. The second-order valence-corrected chi connectivity index (χ2v) is 4.97. The fourth-order valence-electron chi connectivity index (χ4n) is 1.48. The van der Waals surface area contributed by atoms with Crippen molar-refractivity contribution in [2.75, 3.05) is 20.7 Å². The molecule has 1 aromatic carbocycles. The molecule has 4 nitrogen and oxygen atoms in total. The van der Waals surface area contributed by atoms with E-state index in [-0.39, 0.29) is 18.1 Å². The average Bonchev–Trinajstić information content (AvgIpc) is 2.39. The van der Waals surface area contributed by atoms with Crippen LogP contribution >= 0.6 is 15.9 Å². The number of carbonyl (C=O) groups excluding carboxylic acids is 2. The van der Waals surface area contributed by atoms with Crippen LogP contribution in [0.4, 0.5) is 4.39 Å². The molecule has 0 saturated heterocycles. The van der Waals surface area contributed by atoms with Crippen molar-refractivity contribution < 1.29 is 18.7 Å². The number of esters is 1. The second kappa shape index (κ2) is 7.23. The lowest BCUT2D eigenvalue weighted by atomic mass is 10.1. The molecule has 1 amide bonds. The first-order chi connectivity index (χ1) is 8.93. The summed E-state index contributed by atoms with van der Waals surface area (Å²) in [5.74, 6) is -1.23. The van der Waals surface area contributed by atoms with Crippen LogP contribution in [-0.4, -0.2) is 37.5 Å². The van der Waals surface area contributed by atoms with Gasteiger partial charge in [0, 0.05) is 18.1 Å². The highest BCUT2D eigenvalue weighted by Crippen LogP contribution is 2.16. The molecule has 0 aromatic heterocycles. The summed E-state index contributed by atoms with van der Waals surface area (Å²) in [4.78, 5) is 24.0. The van der Waals surface area contributed by atoms with Crippen LogP contribution in [0.5, 0.6) is 0 Å². The Hall–Kier alpha value is -1.43. The molecular weight excluding hydrogens is 317 g/mol. The summed E-state index contributed by atoms with van der Waals surface area (Å²) >= 11 is 3.27. The van der Waals surface area contributed by atoms with Gasteiger partial charge in [0.1, 0.15) is 12.2 Å². The van der Waals surface area contributed by atoms with E-state index in [0.29, 0.717) is 18.5 Å². The molecule has 0 unspecified atom stereocenters. The number of halogens is 2. The number of nitrogens with zero attached hydrogens (tertiary/aromatic N) is 1. The van der Waals surface area contributed by atoms with E-state index < -0.39 is 5.97 Å². The second-order valence-electron chi connectivity index (χ2n) is 4.05. The van der Waals surface area contributed by atoms with Gasteiger partial charge in [-0.3, -0.25) is 9.59 Å². The van der Waals surface area contributed by atoms with Crippen LogP contribution in [0.3, 0.4) is 0 Å². The van der Waals surface area contributed by atoms with E-state index in [4.69, 9.17) is 0 Å². The van der Waals surface area contributed by atoms with Gasteiger partial charge in [0.2, 0.25) is 5.91 Å². The number of ether oxygens (including phenoxy) is 1. The molecule has 0 aliphatic heterocycles. The van der Waals surface area contributed by atoms with Crippen molar-refractivity contribution in [3.05, 3.63) is 34.1 Å². The molecule has 0 fully saturated rings. The molecule has 0 bridgehead atoms. The van der Waals surface area contributed by atoms with Gasteiger partial charge in [-0.2, -0.15) is 0 Å². The standard InChI is InChI=1S/C13H15BrFNO3/c1-16(12(17)8-13(18)19-2)6-5-9-7-10(14)3-4-11(9)15/h3-4,7H,5-6,8H2,1-2H3. The number of methoxy groups -OCH3 is 1. The minimum atomic E-state index is -0.578. The zero-order chi connectivity index (χ0) is 14.4. The van der Waals surface area contributed by atoms with E-state index >= 15 is 0 Å². The number of amides is 1. The maximum Gasteiger partial charge on any atom is 0.315 e. The normalized spacial score (nSPS) is 10.1. The predicted octanol–water partition coefficient (Wildman–Crippen LogP) is 2.15. The van der Waals surface area contributed by atoms with Crippen molar-refractivity contribution in [3.8, 4) is 0 Å². The van der Waals surface area contributed by atoms with Crippen molar-refractivity contribution in [1.29, 1.82) is 0 Å². The molecule has 0 aliphatic rings. The first-order valence-corrected chi connectivity index (χ1v) is 6.48. The number of hydrogen-bond donors (Lipinski definition) is 0. The van der Waals surface area contributed by atoms with Gasteiger partial charge >= 0.3 is 5.97 Å². The van der Waals surface area contributed by atoms with Gasteiger partial charge in [-0.05, 0) is 30.2 Å². The van der Waals surface area contributed by atoms with Crippen LogP contribution in [0.2, 0.25) is 0 Å². The fraction of sp³-hybridized carbons (Fsp3) is 0.385. The lowest BCUT2D eigenvalue weighted by Gasteiger charge is -2.16. The number of hydrogen-bond acceptors (Lipinski definition) is 3. The molecule has 0 spiro atoms. The van der Waals surface area contributed by atoms with Crippen LogP contribution in [0.1, 0.15) is 12.0 Å². The monoisotopic (exact) mass is 331 g/mol. The molecule has 104 valence electrons. The number of carbonyl (C=O) groups is 2. The van der Waals surface area contributed by atoms with Gasteiger partial charge < -0.3 is 9.64 Å². The van der Waals surface area contributed by atoms with Gasteiger partial charge in [-0.15, -0.1) is 0 Å². The van der Waals surface area contributed by atoms with Crippen molar-refractivity contribution in [3.63, 3.8) is 0 Å². The predicted molar refractivity (Wildman–Crippen MR) is 72.1 cm³/mol. The number of likely N-dealkylation sites (N-methyl/N-ethyl adjacent to an activating group) is 1. The Morgan fingerprint density at radius 1 is 1.42 bits per heavy atom. The number of benzene rings is 1. The summed E-state index contributed by atoms with van der Waals surface area (Å²) in [7, 11) is 2.80. The van der Waals surface area contributed by atoms with E-state index in [9.17, 15) is 14.0 Å². The third-order valence-electron chi connectivity index (χ3n) is 2.67. The fourth-order valence-corrected chi connectivity index (χ4v) is 1.89. The highest BCUT2D eigenvalue weighted by Gasteiger charge is 2.14. The maximum atomic E-state index is 13.5. The molecule has 0 N–H and O–H groups in total. The minimum absolute atomic E-state index is 0.298. The Balaban J connectivity index is 2.54. The topological polar surface area (TPSA) is 46.6 Å². The van der Waals surface area contributed by atoms with E-state index in [0.717, 1.165) is 4.47 Å². The SMILES string of the molecule is COC(=O)CC(=O)N(C)CCc1cc(Br)ccc1F. The highest BCUT2D eigenvalue weighted by atomic mass is 79.9. The molecule has 6 heteroatoms. The largest absolute Gasteiger partial charge is 0.469 e. The van der Waals surface area contributed by atoms with Gasteiger partial charge in [0.25, 0.3) is 0 Å². The van der Waals surface area contributed by atoms with E-state index in [1.807, 2.05) is 0 Å². The number of rotatable bonds is 5. The molecule has 1 rings (SSSR count). The zero-order valence-corrected chi connectivity index (χ0v) is 12.4. The Morgan fingerprint density at radius 3 is 2.74 bits per heavy atom. The summed E-state index contributed by atoms with van der Waals surface area (Å²) in [6, 6.07) is 4.66. The Bertz CT molecular complexity index is 479. The van der Waals surface area contributed by atoms with Gasteiger partial charge in [0.05, 0.1) is 7.11 Å². The lowest BCUT2D eigenvalue weighted by molar-refractivity contribution is -0.146. The van der Waals surface area contributed by atoms with Gasteiger partial charge in [-0.1, -0.05) is 15.9 Å². The Morgan fingerprint density at radius 2 is 2.11 bits per heavy atom. The zero-order valence-electron chi connectivity index (χ0n) is 10.8. The molecule has 0 saturated carbocycles. The third kappa shape index (κ3) is 4.98. The van der Waals surface area contributed by atoms with Crippen molar-refractivity contribution in [1.82, 2.24) is 4.90 Å². The Labute approximate surface area is 119 Å². The lowest BCUT2D eigenvalue weighted by Crippen LogP contribution is -2.30. The van der Waals surface area contributed by atoms with E-state index in [2.05, 4.69) is 20.7 Å². The highest BCUT2D eigenvalue weighted by molar-refractivity contribution is 9.10. The van der Waals surface area contributed by atoms with Crippen LogP contribution < -0.4 is 0 Å². The van der Waals surface area contributed by atoms with Gasteiger partial charge in [-0.25, -0.2) is 4.39 Å². The molecule has 1 aromatic rings. The van der Waals surface area contributed by atoms with Crippen molar-refractivity contribution in [2.24, 2.45) is 0 Å². The van der Waals surface area contributed by atoms with E-state index in [1.165, 1.54) is 18.1 Å².